The molecule has 1 aromatic heterocycles. The zero-order chi connectivity index (χ0) is 15.0. The first-order valence-electron chi connectivity index (χ1n) is 6.31. The molecular formula is C16H11ClN2O2. The minimum Gasteiger partial charge on any atom is -0.478 e. The molecule has 1 N–H and O–H groups in total. The molecule has 0 amide bonds. The summed E-state index contributed by atoms with van der Waals surface area (Å²) in [5.41, 5.74) is 3.07. The lowest BCUT2D eigenvalue weighted by atomic mass is 9.96. The van der Waals surface area contributed by atoms with Gasteiger partial charge in [-0.25, -0.2) is 4.79 Å². The van der Waals surface area contributed by atoms with E-state index in [1.165, 1.54) is 0 Å². The van der Waals surface area contributed by atoms with E-state index in [1.807, 2.05) is 25.1 Å². The molecule has 104 valence electrons. The van der Waals surface area contributed by atoms with Crippen LogP contribution in [0.4, 0.5) is 0 Å². The highest BCUT2D eigenvalue weighted by atomic mass is 35.5. The highest BCUT2D eigenvalue weighted by Crippen LogP contribution is 2.29. The number of carboxylic acid groups (broad SMARTS) is 1. The predicted molar refractivity (Wildman–Crippen MR) is 81.7 cm³/mol. The molecule has 0 fully saturated rings. The van der Waals surface area contributed by atoms with Crippen molar-refractivity contribution in [3.63, 3.8) is 0 Å². The fraction of sp³-hybridized carbons (Fsp3) is 0.0625. The Kier molecular flexibility index (Phi) is 3.31. The number of aromatic nitrogens is 2. The molecule has 1 heterocycles. The quantitative estimate of drug-likeness (QED) is 0.778. The second-order valence-electron chi connectivity index (χ2n) is 4.77. The van der Waals surface area contributed by atoms with E-state index in [0.29, 0.717) is 5.15 Å². The van der Waals surface area contributed by atoms with Crippen LogP contribution < -0.4 is 0 Å². The summed E-state index contributed by atoms with van der Waals surface area (Å²) in [6.45, 7) is 1.95. The van der Waals surface area contributed by atoms with Crippen molar-refractivity contribution in [2.24, 2.45) is 0 Å². The number of hydrogen-bond acceptors (Lipinski definition) is 3. The van der Waals surface area contributed by atoms with Crippen LogP contribution in [-0.2, 0) is 0 Å². The van der Waals surface area contributed by atoms with Crippen molar-refractivity contribution < 1.29 is 9.90 Å². The van der Waals surface area contributed by atoms with E-state index in [1.54, 1.807) is 24.4 Å². The van der Waals surface area contributed by atoms with Gasteiger partial charge in [-0.3, -0.25) is 0 Å². The summed E-state index contributed by atoms with van der Waals surface area (Å²) in [5.74, 6) is -0.939. The van der Waals surface area contributed by atoms with E-state index < -0.39 is 5.97 Å². The van der Waals surface area contributed by atoms with Crippen LogP contribution in [0, 0.1) is 6.92 Å². The Bertz CT molecular complexity index is 862. The zero-order valence-corrected chi connectivity index (χ0v) is 11.9. The molecule has 0 saturated heterocycles. The van der Waals surface area contributed by atoms with Crippen LogP contribution in [0.25, 0.3) is 21.9 Å². The Morgan fingerprint density at radius 3 is 2.76 bits per heavy atom. The van der Waals surface area contributed by atoms with Crippen LogP contribution in [-0.4, -0.2) is 21.3 Å². The highest BCUT2D eigenvalue weighted by molar-refractivity contribution is 6.34. The maximum Gasteiger partial charge on any atom is 0.335 e. The third kappa shape index (κ3) is 2.45. The summed E-state index contributed by atoms with van der Waals surface area (Å²) < 4.78 is 0. The summed E-state index contributed by atoms with van der Waals surface area (Å²) >= 11 is 6.00. The lowest BCUT2D eigenvalue weighted by Crippen LogP contribution is -1.97. The van der Waals surface area contributed by atoms with E-state index >= 15 is 0 Å². The van der Waals surface area contributed by atoms with Gasteiger partial charge < -0.3 is 5.11 Å². The van der Waals surface area contributed by atoms with Gasteiger partial charge in [0.1, 0.15) is 0 Å². The summed E-state index contributed by atoms with van der Waals surface area (Å²) in [6, 6.07) is 10.8. The van der Waals surface area contributed by atoms with Gasteiger partial charge >= 0.3 is 5.97 Å². The number of aryl methyl sites for hydroxylation is 1. The zero-order valence-electron chi connectivity index (χ0n) is 11.2. The van der Waals surface area contributed by atoms with E-state index in [2.05, 4.69) is 10.2 Å². The smallest absolute Gasteiger partial charge is 0.335 e. The predicted octanol–water partition coefficient (Wildman–Crippen LogP) is 3.96. The van der Waals surface area contributed by atoms with Crippen molar-refractivity contribution >= 4 is 28.3 Å². The maximum atomic E-state index is 11.1. The molecule has 0 bridgehead atoms. The van der Waals surface area contributed by atoms with E-state index in [0.717, 1.165) is 27.5 Å². The fourth-order valence-corrected chi connectivity index (χ4v) is 2.50. The van der Waals surface area contributed by atoms with Crippen LogP contribution >= 0.6 is 11.6 Å². The normalized spacial score (nSPS) is 10.8. The van der Waals surface area contributed by atoms with Gasteiger partial charge in [0.2, 0.25) is 0 Å². The monoisotopic (exact) mass is 298 g/mol. The second-order valence-corrected chi connectivity index (χ2v) is 5.13. The molecular weight excluding hydrogens is 288 g/mol. The largest absolute Gasteiger partial charge is 0.478 e. The number of carboxylic acids is 1. The molecule has 0 unspecified atom stereocenters. The second kappa shape index (κ2) is 5.14. The van der Waals surface area contributed by atoms with Crippen molar-refractivity contribution in [1.29, 1.82) is 0 Å². The first kappa shape index (κ1) is 13.5. The van der Waals surface area contributed by atoms with Gasteiger partial charge in [0.15, 0.2) is 5.15 Å². The number of rotatable bonds is 2. The molecule has 0 spiro atoms. The van der Waals surface area contributed by atoms with Crippen LogP contribution in [0.2, 0.25) is 5.15 Å². The number of halogens is 1. The van der Waals surface area contributed by atoms with Crippen LogP contribution in [0.3, 0.4) is 0 Å². The molecule has 2 aromatic carbocycles. The molecule has 0 aliphatic carbocycles. The summed E-state index contributed by atoms with van der Waals surface area (Å²) in [7, 11) is 0. The lowest BCUT2D eigenvalue weighted by Gasteiger charge is -2.09. The molecule has 0 atom stereocenters. The lowest BCUT2D eigenvalue weighted by molar-refractivity contribution is 0.0697. The Labute approximate surface area is 126 Å². The van der Waals surface area contributed by atoms with Gasteiger partial charge in [0, 0.05) is 10.8 Å². The van der Waals surface area contributed by atoms with Gasteiger partial charge in [-0.15, -0.1) is 5.10 Å². The van der Waals surface area contributed by atoms with Crippen molar-refractivity contribution in [2.45, 2.75) is 6.92 Å². The van der Waals surface area contributed by atoms with Gasteiger partial charge in [0.25, 0.3) is 0 Å². The van der Waals surface area contributed by atoms with Gasteiger partial charge in [0.05, 0.1) is 11.8 Å². The number of benzene rings is 2. The van der Waals surface area contributed by atoms with Crippen LogP contribution in [0.1, 0.15) is 15.9 Å². The first-order chi connectivity index (χ1) is 10.1. The summed E-state index contributed by atoms with van der Waals surface area (Å²) in [5, 5.41) is 18.8. The van der Waals surface area contributed by atoms with Crippen molar-refractivity contribution in [2.75, 3.05) is 0 Å². The Morgan fingerprint density at radius 1 is 1.19 bits per heavy atom. The third-order valence-corrected chi connectivity index (χ3v) is 3.69. The summed E-state index contributed by atoms with van der Waals surface area (Å²) in [4.78, 5) is 11.1. The van der Waals surface area contributed by atoms with E-state index in [4.69, 9.17) is 16.7 Å². The first-order valence-corrected chi connectivity index (χ1v) is 6.69. The van der Waals surface area contributed by atoms with Crippen molar-refractivity contribution in [3.05, 3.63) is 58.9 Å². The minimum atomic E-state index is -0.939. The molecule has 0 aliphatic heterocycles. The maximum absolute atomic E-state index is 11.1. The average molecular weight is 299 g/mol. The molecule has 0 radical (unpaired) electrons. The molecule has 4 nitrogen and oxygen atoms in total. The standard InChI is InChI=1S/C16H11ClN2O2/c1-9-2-3-11(16(20)21)7-14(9)10-4-5-13-12(6-10)8-18-19-15(13)17/h2-8H,1H3,(H,20,21). The average Bonchev–Trinajstić information content (AvgIpc) is 2.47. The molecule has 3 aromatic rings. The summed E-state index contributed by atoms with van der Waals surface area (Å²) in [6.07, 6.45) is 1.64. The number of carbonyl (C=O) groups is 1. The molecule has 5 heteroatoms. The third-order valence-electron chi connectivity index (χ3n) is 3.41. The molecule has 0 aliphatic rings. The number of hydrogen-bond donors (Lipinski definition) is 1. The van der Waals surface area contributed by atoms with E-state index in [9.17, 15) is 4.79 Å². The van der Waals surface area contributed by atoms with Crippen LogP contribution in [0.15, 0.2) is 42.6 Å². The van der Waals surface area contributed by atoms with Gasteiger partial charge in [-0.05, 0) is 41.8 Å². The van der Waals surface area contributed by atoms with Gasteiger partial charge in [-0.1, -0.05) is 29.8 Å². The highest BCUT2D eigenvalue weighted by Gasteiger charge is 2.09. The van der Waals surface area contributed by atoms with Crippen LogP contribution in [0.5, 0.6) is 0 Å². The van der Waals surface area contributed by atoms with E-state index in [-0.39, 0.29) is 5.56 Å². The molecule has 21 heavy (non-hydrogen) atoms. The topological polar surface area (TPSA) is 63.1 Å². The minimum absolute atomic E-state index is 0.265. The van der Waals surface area contributed by atoms with Gasteiger partial charge in [-0.2, -0.15) is 5.10 Å². The Morgan fingerprint density at radius 2 is 2.00 bits per heavy atom. The van der Waals surface area contributed by atoms with Crippen molar-refractivity contribution in [1.82, 2.24) is 10.2 Å². The Balaban J connectivity index is 2.20. The van der Waals surface area contributed by atoms with Crippen molar-refractivity contribution in [3.8, 4) is 11.1 Å². The molecule has 3 rings (SSSR count). The fourth-order valence-electron chi connectivity index (χ4n) is 2.29. The number of nitrogens with zero attached hydrogens (tertiary/aromatic N) is 2. The molecule has 0 saturated carbocycles. The number of fused-ring (bicyclic) bond motifs is 1. The number of aromatic carboxylic acids is 1. The SMILES string of the molecule is Cc1ccc(C(=O)O)cc1-c1ccc2c(Cl)nncc2c1. The Hall–Kier alpha value is -2.46.